The molecule has 0 saturated carbocycles. The molecule has 2 aromatic heterocycles. The lowest BCUT2D eigenvalue weighted by molar-refractivity contribution is -0.121. The molecule has 1 aliphatic rings. The summed E-state index contributed by atoms with van der Waals surface area (Å²) in [6.07, 6.45) is 5.49. The van der Waals surface area contributed by atoms with Crippen molar-refractivity contribution in [2.75, 3.05) is 18.4 Å². The number of carbonyl (C=O) groups excluding carboxylic acids is 1. The summed E-state index contributed by atoms with van der Waals surface area (Å²) in [6.45, 7) is 3.71. The summed E-state index contributed by atoms with van der Waals surface area (Å²) in [4.78, 5) is 18.8. The number of amides is 1. The number of H-pyrrole nitrogens is 1. The van der Waals surface area contributed by atoms with Gasteiger partial charge >= 0.3 is 0 Å². The van der Waals surface area contributed by atoms with E-state index >= 15 is 0 Å². The number of carbonyl (C=O) groups is 1. The van der Waals surface area contributed by atoms with Crippen molar-refractivity contribution in [3.8, 4) is 0 Å². The van der Waals surface area contributed by atoms with E-state index in [1.54, 1.807) is 18.3 Å². The minimum atomic E-state index is -0.210. The molecule has 0 spiro atoms. The predicted octanol–water partition coefficient (Wildman–Crippen LogP) is 2.66. The van der Waals surface area contributed by atoms with Crippen molar-refractivity contribution in [1.29, 1.82) is 0 Å². The number of pyridine rings is 1. The van der Waals surface area contributed by atoms with E-state index in [1.165, 1.54) is 6.20 Å². The van der Waals surface area contributed by atoms with Crippen molar-refractivity contribution in [2.24, 2.45) is 0 Å². The van der Waals surface area contributed by atoms with Gasteiger partial charge < -0.3 is 5.32 Å². The summed E-state index contributed by atoms with van der Waals surface area (Å²) in [6, 6.07) is 5.22. The van der Waals surface area contributed by atoms with Gasteiger partial charge in [0, 0.05) is 30.6 Å². The highest BCUT2D eigenvalue weighted by Crippen LogP contribution is 2.26. The molecule has 122 valence electrons. The highest BCUT2D eigenvalue weighted by molar-refractivity contribution is 6.30. The molecule has 1 aliphatic heterocycles. The van der Waals surface area contributed by atoms with Crippen LogP contribution in [-0.4, -0.2) is 45.1 Å². The van der Waals surface area contributed by atoms with Gasteiger partial charge in [0.1, 0.15) is 5.82 Å². The third kappa shape index (κ3) is 3.89. The van der Waals surface area contributed by atoms with Gasteiger partial charge in [-0.3, -0.25) is 14.8 Å². The second-order valence-electron chi connectivity index (χ2n) is 5.87. The summed E-state index contributed by atoms with van der Waals surface area (Å²) in [5, 5.41) is 10.5. The van der Waals surface area contributed by atoms with Crippen LogP contribution in [0.3, 0.4) is 0 Å². The summed E-state index contributed by atoms with van der Waals surface area (Å²) < 4.78 is 0. The highest BCUT2D eigenvalue weighted by atomic mass is 35.5. The number of rotatable bonds is 4. The maximum Gasteiger partial charge on any atom is 0.242 e. The fraction of sp³-hybridized carbons (Fsp3) is 0.438. The molecule has 0 radical (unpaired) electrons. The fourth-order valence-electron chi connectivity index (χ4n) is 2.95. The average Bonchev–Trinajstić information content (AvgIpc) is 3.11. The zero-order valence-electron chi connectivity index (χ0n) is 13.0. The highest BCUT2D eigenvalue weighted by Gasteiger charge is 2.28. The summed E-state index contributed by atoms with van der Waals surface area (Å²) in [5.41, 5.74) is 1.14. The SMILES string of the molecule is C[C@H](C(=O)Nc1ccc(Cl)cn1)N1CCC[C@H](c2ccn[nH]2)C1. The first-order valence-electron chi connectivity index (χ1n) is 7.79. The predicted molar refractivity (Wildman–Crippen MR) is 89.5 cm³/mol. The quantitative estimate of drug-likeness (QED) is 0.902. The lowest BCUT2D eigenvalue weighted by Crippen LogP contribution is -2.46. The average molecular weight is 334 g/mol. The van der Waals surface area contributed by atoms with Crippen LogP contribution in [0.1, 0.15) is 31.4 Å². The second-order valence-corrected chi connectivity index (χ2v) is 6.31. The topological polar surface area (TPSA) is 73.9 Å². The lowest BCUT2D eigenvalue weighted by atomic mass is 9.94. The standard InChI is InChI=1S/C16H20ClN5O/c1-11(16(23)20-15-5-4-13(17)9-18-15)22-8-2-3-12(10-22)14-6-7-19-21-14/h4-7,9,11-12H,2-3,8,10H2,1H3,(H,19,21)(H,18,20,23)/t11-,12+/m1/s1. The van der Waals surface area contributed by atoms with Gasteiger partial charge in [-0.05, 0) is 44.5 Å². The second kappa shape index (κ2) is 7.10. The first-order valence-corrected chi connectivity index (χ1v) is 8.17. The molecule has 0 unspecified atom stereocenters. The number of anilines is 1. The van der Waals surface area contributed by atoms with Gasteiger partial charge in [-0.1, -0.05) is 11.6 Å². The molecule has 6 nitrogen and oxygen atoms in total. The van der Waals surface area contributed by atoms with Gasteiger partial charge in [0.05, 0.1) is 11.1 Å². The number of hydrogen-bond donors (Lipinski definition) is 2. The molecule has 2 N–H and O–H groups in total. The first-order chi connectivity index (χ1) is 11.1. The van der Waals surface area contributed by atoms with Crippen LogP contribution in [0, 0.1) is 0 Å². The Morgan fingerprint density at radius 3 is 3.04 bits per heavy atom. The van der Waals surface area contributed by atoms with Crippen molar-refractivity contribution in [3.63, 3.8) is 0 Å². The third-order valence-electron chi connectivity index (χ3n) is 4.32. The van der Waals surface area contributed by atoms with E-state index < -0.39 is 0 Å². The molecule has 3 rings (SSSR count). The maximum absolute atomic E-state index is 12.4. The molecule has 0 aliphatic carbocycles. The van der Waals surface area contributed by atoms with Gasteiger partial charge in [0.15, 0.2) is 0 Å². The Morgan fingerprint density at radius 1 is 1.48 bits per heavy atom. The van der Waals surface area contributed by atoms with Crippen LogP contribution in [0.2, 0.25) is 5.02 Å². The molecule has 0 bridgehead atoms. The number of halogens is 1. The van der Waals surface area contributed by atoms with Crippen LogP contribution in [0.25, 0.3) is 0 Å². The molecule has 0 aromatic carbocycles. The van der Waals surface area contributed by atoms with Crippen LogP contribution in [0.5, 0.6) is 0 Å². The van der Waals surface area contributed by atoms with E-state index in [0.717, 1.165) is 31.6 Å². The number of aromatic nitrogens is 3. The number of nitrogens with zero attached hydrogens (tertiary/aromatic N) is 3. The van der Waals surface area contributed by atoms with Gasteiger partial charge in [-0.15, -0.1) is 0 Å². The molecule has 7 heteroatoms. The van der Waals surface area contributed by atoms with Crippen molar-refractivity contribution >= 4 is 23.3 Å². The first kappa shape index (κ1) is 16.0. The molecule has 23 heavy (non-hydrogen) atoms. The number of likely N-dealkylation sites (tertiary alicyclic amines) is 1. The Bertz CT molecular complexity index is 643. The van der Waals surface area contributed by atoms with E-state index in [4.69, 9.17) is 11.6 Å². The van der Waals surface area contributed by atoms with Gasteiger partial charge in [-0.25, -0.2) is 4.98 Å². The Hall–Kier alpha value is -1.92. The molecular formula is C16H20ClN5O. The zero-order chi connectivity index (χ0) is 16.2. The molecule has 1 saturated heterocycles. The Balaban J connectivity index is 1.61. The molecule has 2 atom stereocenters. The van der Waals surface area contributed by atoms with E-state index in [2.05, 4.69) is 25.4 Å². The molecule has 3 heterocycles. The van der Waals surface area contributed by atoms with Crippen molar-refractivity contribution in [1.82, 2.24) is 20.1 Å². The van der Waals surface area contributed by atoms with Crippen LogP contribution in [-0.2, 0) is 4.79 Å². The minimum absolute atomic E-state index is 0.0508. The van der Waals surface area contributed by atoms with Crippen LogP contribution >= 0.6 is 11.6 Å². The smallest absolute Gasteiger partial charge is 0.242 e. The molecular weight excluding hydrogens is 314 g/mol. The molecule has 2 aromatic rings. The van der Waals surface area contributed by atoms with E-state index in [-0.39, 0.29) is 11.9 Å². The van der Waals surface area contributed by atoms with E-state index in [1.807, 2.05) is 13.0 Å². The normalized spacial score (nSPS) is 20.2. The number of piperidine rings is 1. The van der Waals surface area contributed by atoms with Crippen LogP contribution in [0.15, 0.2) is 30.6 Å². The van der Waals surface area contributed by atoms with E-state index in [0.29, 0.717) is 16.8 Å². The maximum atomic E-state index is 12.4. The van der Waals surface area contributed by atoms with Gasteiger partial charge in [-0.2, -0.15) is 5.10 Å². The monoisotopic (exact) mass is 333 g/mol. The third-order valence-corrected chi connectivity index (χ3v) is 4.54. The largest absolute Gasteiger partial charge is 0.309 e. The number of aromatic amines is 1. The Morgan fingerprint density at radius 2 is 2.35 bits per heavy atom. The number of nitrogens with one attached hydrogen (secondary N) is 2. The van der Waals surface area contributed by atoms with Crippen LogP contribution in [0.4, 0.5) is 5.82 Å². The Labute approximate surface area is 140 Å². The van der Waals surface area contributed by atoms with Crippen molar-refractivity contribution in [3.05, 3.63) is 41.3 Å². The molecule has 1 amide bonds. The fourth-order valence-corrected chi connectivity index (χ4v) is 3.06. The Kier molecular flexibility index (Phi) is 4.93. The van der Waals surface area contributed by atoms with Gasteiger partial charge in [0.2, 0.25) is 5.91 Å². The zero-order valence-corrected chi connectivity index (χ0v) is 13.8. The minimum Gasteiger partial charge on any atom is -0.309 e. The van der Waals surface area contributed by atoms with E-state index in [9.17, 15) is 4.79 Å². The van der Waals surface area contributed by atoms with Crippen molar-refractivity contribution < 1.29 is 4.79 Å². The van der Waals surface area contributed by atoms with Gasteiger partial charge in [0.25, 0.3) is 0 Å². The summed E-state index contributed by atoms with van der Waals surface area (Å²) in [7, 11) is 0. The lowest BCUT2D eigenvalue weighted by Gasteiger charge is -2.35. The number of hydrogen-bond acceptors (Lipinski definition) is 4. The molecule has 1 fully saturated rings. The van der Waals surface area contributed by atoms with Crippen LogP contribution < -0.4 is 5.32 Å². The van der Waals surface area contributed by atoms with Crippen molar-refractivity contribution in [2.45, 2.75) is 31.7 Å². The summed E-state index contributed by atoms with van der Waals surface area (Å²) >= 11 is 5.81. The summed E-state index contributed by atoms with van der Waals surface area (Å²) in [5.74, 6) is 0.869.